The van der Waals surface area contributed by atoms with Gasteiger partial charge in [0.1, 0.15) is 0 Å². The first-order valence-corrected chi connectivity index (χ1v) is 11.9. The Morgan fingerprint density at radius 1 is 0.765 bits per heavy atom. The van der Waals surface area contributed by atoms with Gasteiger partial charge in [-0.25, -0.2) is 0 Å². The summed E-state index contributed by atoms with van der Waals surface area (Å²) in [6, 6.07) is 7.83. The van der Waals surface area contributed by atoms with Gasteiger partial charge in [-0.15, -0.1) is 0 Å². The molecule has 0 saturated carbocycles. The van der Waals surface area contributed by atoms with E-state index in [-0.39, 0.29) is 32.3 Å². The van der Waals surface area contributed by atoms with Crippen LogP contribution in [0.3, 0.4) is 0 Å². The van der Waals surface area contributed by atoms with Crippen LogP contribution >= 0.6 is 0 Å². The number of aliphatic hydroxyl groups excluding tert-OH is 2. The third-order valence-corrected chi connectivity index (χ3v) is 5.19. The number of esters is 2. The Kier molecular flexibility index (Phi) is 15.9. The number of hydrogen-bond acceptors (Lipinski definition) is 8. The second-order valence-corrected chi connectivity index (χ2v) is 7.78. The smallest absolute Gasteiger partial charge is 0.320 e. The molecule has 188 valence electrons. The van der Waals surface area contributed by atoms with E-state index in [0.29, 0.717) is 12.8 Å². The highest BCUT2D eigenvalue weighted by atomic mass is 16.6. The second-order valence-electron chi connectivity index (χ2n) is 7.78. The third-order valence-electron chi connectivity index (χ3n) is 5.19. The molecular weight excluding hydrogens is 436 g/mol. The SMILES string of the molecule is CCOC(=O)C(CCCc1ccncc1)C(=O)OCC.OCC(CO)CCCc1ccncc1. The van der Waals surface area contributed by atoms with Crippen molar-refractivity contribution < 1.29 is 29.3 Å². The zero-order valence-corrected chi connectivity index (χ0v) is 20.3. The Morgan fingerprint density at radius 2 is 1.18 bits per heavy atom. The fourth-order valence-corrected chi connectivity index (χ4v) is 3.26. The Labute approximate surface area is 202 Å². The topological polar surface area (TPSA) is 119 Å². The minimum Gasteiger partial charge on any atom is -0.465 e. The Hall–Kier alpha value is -2.84. The lowest BCUT2D eigenvalue weighted by atomic mass is 10.00. The molecule has 0 atom stereocenters. The summed E-state index contributed by atoms with van der Waals surface area (Å²) in [7, 11) is 0. The molecule has 2 rings (SSSR count). The lowest BCUT2D eigenvalue weighted by molar-refractivity contribution is -0.161. The van der Waals surface area contributed by atoms with Crippen molar-refractivity contribution in [3.05, 3.63) is 60.2 Å². The zero-order valence-electron chi connectivity index (χ0n) is 20.3. The van der Waals surface area contributed by atoms with Crippen LogP contribution in [0.5, 0.6) is 0 Å². The van der Waals surface area contributed by atoms with Crippen molar-refractivity contribution in [1.82, 2.24) is 9.97 Å². The molecule has 34 heavy (non-hydrogen) atoms. The number of pyridine rings is 2. The van der Waals surface area contributed by atoms with Crippen LogP contribution in [0.4, 0.5) is 0 Å². The first-order valence-electron chi connectivity index (χ1n) is 11.9. The number of aliphatic hydroxyl groups is 2. The van der Waals surface area contributed by atoms with Crippen LogP contribution < -0.4 is 0 Å². The van der Waals surface area contributed by atoms with Crippen LogP contribution in [0.2, 0.25) is 0 Å². The lowest BCUT2D eigenvalue weighted by Gasteiger charge is -2.14. The van der Waals surface area contributed by atoms with E-state index in [0.717, 1.165) is 31.2 Å². The fourth-order valence-electron chi connectivity index (χ4n) is 3.26. The summed E-state index contributed by atoms with van der Waals surface area (Å²) >= 11 is 0. The number of nitrogens with zero attached hydrogens (tertiary/aromatic N) is 2. The van der Waals surface area contributed by atoms with Crippen LogP contribution in [0.25, 0.3) is 0 Å². The highest BCUT2D eigenvalue weighted by Crippen LogP contribution is 2.14. The number of aryl methyl sites for hydroxylation is 2. The van der Waals surface area contributed by atoms with Crippen LogP contribution in [0.1, 0.15) is 50.7 Å². The molecule has 0 aromatic carbocycles. The molecule has 0 aliphatic rings. The molecule has 2 aromatic rings. The third kappa shape index (κ3) is 12.4. The summed E-state index contributed by atoms with van der Waals surface area (Å²) < 4.78 is 9.85. The molecule has 0 saturated heterocycles. The molecule has 0 aliphatic carbocycles. The monoisotopic (exact) mass is 474 g/mol. The molecule has 0 spiro atoms. The Balaban J connectivity index is 0.000000362. The average molecular weight is 475 g/mol. The van der Waals surface area contributed by atoms with E-state index in [1.54, 1.807) is 38.6 Å². The number of hydrogen-bond donors (Lipinski definition) is 2. The minimum atomic E-state index is -0.822. The van der Waals surface area contributed by atoms with Gasteiger partial charge in [0.05, 0.1) is 13.2 Å². The molecule has 8 heteroatoms. The van der Waals surface area contributed by atoms with Crippen LogP contribution in [-0.4, -0.2) is 58.5 Å². The maximum atomic E-state index is 11.8. The molecule has 2 aromatic heterocycles. The minimum absolute atomic E-state index is 0.0387. The van der Waals surface area contributed by atoms with Crippen molar-refractivity contribution in [2.75, 3.05) is 26.4 Å². The molecular formula is C26H38N2O6. The van der Waals surface area contributed by atoms with Gasteiger partial charge in [-0.05, 0) is 87.8 Å². The quantitative estimate of drug-likeness (QED) is 0.317. The molecule has 0 aliphatic heterocycles. The van der Waals surface area contributed by atoms with Gasteiger partial charge in [-0.1, -0.05) is 0 Å². The van der Waals surface area contributed by atoms with E-state index in [1.807, 2.05) is 24.3 Å². The van der Waals surface area contributed by atoms with Crippen LogP contribution in [-0.2, 0) is 31.9 Å². The highest BCUT2D eigenvalue weighted by molar-refractivity contribution is 5.94. The average Bonchev–Trinajstić information content (AvgIpc) is 2.86. The maximum Gasteiger partial charge on any atom is 0.320 e. The lowest BCUT2D eigenvalue weighted by Crippen LogP contribution is -2.28. The summed E-state index contributed by atoms with van der Waals surface area (Å²) in [5.41, 5.74) is 2.39. The zero-order chi connectivity index (χ0) is 25.0. The highest BCUT2D eigenvalue weighted by Gasteiger charge is 2.28. The number of rotatable bonds is 14. The molecule has 2 heterocycles. The van der Waals surface area contributed by atoms with Gasteiger partial charge in [0.15, 0.2) is 5.92 Å². The van der Waals surface area contributed by atoms with Gasteiger partial charge in [0.25, 0.3) is 0 Å². The Morgan fingerprint density at radius 3 is 1.56 bits per heavy atom. The number of carbonyl (C=O) groups is 2. The maximum absolute atomic E-state index is 11.8. The molecule has 0 bridgehead atoms. The van der Waals surface area contributed by atoms with E-state index < -0.39 is 17.9 Å². The van der Waals surface area contributed by atoms with Crippen molar-refractivity contribution in [3.63, 3.8) is 0 Å². The normalized spacial score (nSPS) is 10.5. The Bertz CT molecular complexity index is 766. The summed E-state index contributed by atoms with van der Waals surface area (Å²) in [6.07, 6.45) is 11.8. The summed E-state index contributed by atoms with van der Waals surface area (Å²) in [5.74, 6) is -1.78. The largest absolute Gasteiger partial charge is 0.465 e. The van der Waals surface area contributed by atoms with Gasteiger partial charge in [-0.3, -0.25) is 19.6 Å². The van der Waals surface area contributed by atoms with Gasteiger partial charge < -0.3 is 19.7 Å². The van der Waals surface area contributed by atoms with Gasteiger partial charge in [0.2, 0.25) is 0 Å². The summed E-state index contributed by atoms with van der Waals surface area (Å²) in [4.78, 5) is 31.4. The summed E-state index contributed by atoms with van der Waals surface area (Å²) in [5, 5.41) is 17.7. The molecule has 0 unspecified atom stereocenters. The van der Waals surface area contributed by atoms with Gasteiger partial charge in [0, 0.05) is 43.9 Å². The number of carbonyl (C=O) groups excluding carboxylic acids is 2. The van der Waals surface area contributed by atoms with Crippen molar-refractivity contribution >= 4 is 11.9 Å². The molecule has 2 N–H and O–H groups in total. The van der Waals surface area contributed by atoms with Crippen LogP contribution in [0.15, 0.2) is 49.1 Å². The van der Waals surface area contributed by atoms with Crippen molar-refractivity contribution in [1.29, 1.82) is 0 Å². The summed E-state index contributed by atoms with van der Waals surface area (Å²) in [6.45, 7) is 4.12. The fraction of sp³-hybridized carbons (Fsp3) is 0.538. The predicted octanol–water partition coefficient (Wildman–Crippen LogP) is 3.15. The molecule has 0 radical (unpaired) electrons. The van der Waals surface area contributed by atoms with E-state index in [4.69, 9.17) is 19.7 Å². The van der Waals surface area contributed by atoms with Crippen molar-refractivity contribution in [3.8, 4) is 0 Å². The second kappa shape index (κ2) is 18.6. The standard InChI is InChI=1S/C15H21NO4.C11H17NO2/c1-3-19-14(17)13(15(18)20-4-2)7-5-6-12-8-10-16-11-9-12;13-8-11(9-14)3-1-2-10-4-6-12-7-5-10/h8-11,13H,3-7H2,1-2H3;4-7,11,13-14H,1-3,8-9H2. The predicted molar refractivity (Wildman–Crippen MR) is 129 cm³/mol. The van der Waals surface area contributed by atoms with E-state index in [1.165, 1.54) is 5.56 Å². The van der Waals surface area contributed by atoms with E-state index in [9.17, 15) is 9.59 Å². The van der Waals surface area contributed by atoms with E-state index >= 15 is 0 Å². The van der Waals surface area contributed by atoms with Gasteiger partial charge >= 0.3 is 11.9 Å². The number of aromatic nitrogens is 2. The first kappa shape index (κ1) is 29.2. The van der Waals surface area contributed by atoms with Crippen molar-refractivity contribution in [2.45, 2.75) is 52.4 Å². The van der Waals surface area contributed by atoms with Gasteiger partial charge in [-0.2, -0.15) is 0 Å². The first-order chi connectivity index (χ1) is 16.5. The molecule has 0 amide bonds. The number of ether oxygens (including phenoxy) is 2. The molecule has 8 nitrogen and oxygen atoms in total. The van der Waals surface area contributed by atoms with E-state index in [2.05, 4.69) is 9.97 Å². The van der Waals surface area contributed by atoms with Crippen molar-refractivity contribution in [2.24, 2.45) is 11.8 Å². The molecule has 0 fully saturated rings. The van der Waals surface area contributed by atoms with Crippen LogP contribution in [0, 0.1) is 11.8 Å².